The van der Waals surface area contributed by atoms with Gasteiger partial charge in [-0.15, -0.1) is 0 Å². The first-order valence-corrected chi connectivity index (χ1v) is 7.15. The zero-order valence-electron chi connectivity index (χ0n) is 12.8. The number of piperidine rings is 1. The summed E-state index contributed by atoms with van der Waals surface area (Å²) in [6.07, 6.45) is 3.26. The lowest BCUT2D eigenvalue weighted by atomic mass is 10.1. The highest BCUT2D eigenvalue weighted by atomic mass is 16.5. The van der Waals surface area contributed by atoms with E-state index in [1.54, 1.807) is 27.2 Å². The Morgan fingerprint density at radius 2 is 1.95 bits per heavy atom. The average Bonchev–Trinajstić information content (AvgIpc) is 2.86. The second-order valence-electron chi connectivity index (χ2n) is 5.42. The van der Waals surface area contributed by atoms with Crippen molar-refractivity contribution in [3.05, 3.63) is 11.8 Å². The van der Waals surface area contributed by atoms with Gasteiger partial charge in [0.15, 0.2) is 12.3 Å². The molecule has 0 saturated carbocycles. The molecule has 0 atom stereocenters. The van der Waals surface area contributed by atoms with E-state index >= 15 is 0 Å². The summed E-state index contributed by atoms with van der Waals surface area (Å²) in [6.45, 7) is 1.50. The second-order valence-corrected chi connectivity index (χ2v) is 5.42. The molecule has 0 unspecified atom stereocenters. The standard InChI is InChI=1S/C14H22N4O3/c1-16(2)12(19)10-21-13-9-11(15-17(13)3)14(20)18-7-5-4-6-8-18/h9H,4-8,10H2,1-3H3. The zero-order chi connectivity index (χ0) is 15.4. The van der Waals surface area contributed by atoms with Gasteiger partial charge in [0, 0.05) is 40.3 Å². The Kier molecular flexibility index (Phi) is 4.82. The molecule has 21 heavy (non-hydrogen) atoms. The van der Waals surface area contributed by atoms with Gasteiger partial charge in [-0.1, -0.05) is 0 Å². The van der Waals surface area contributed by atoms with Crippen LogP contribution in [0.1, 0.15) is 29.8 Å². The molecule has 1 aliphatic heterocycles. The minimum atomic E-state index is -0.139. The van der Waals surface area contributed by atoms with Crippen molar-refractivity contribution in [1.82, 2.24) is 19.6 Å². The molecule has 2 amide bonds. The van der Waals surface area contributed by atoms with Gasteiger partial charge in [0.2, 0.25) is 5.88 Å². The second kappa shape index (κ2) is 6.60. The van der Waals surface area contributed by atoms with Crippen LogP contribution < -0.4 is 4.74 Å². The first-order chi connectivity index (χ1) is 9.99. The number of carbonyl (C=O) groups excluding carboxylic acids is 2. The van der Waals surface area contributed by atoms with Gasteiger partial charge in [0.25, 0.3) is 11.8 Å². The van der Waals surface area contributed by atoms with E-state index in [-0.39, 0.29) is 18.4 Å². The number of ether oxygens (including phenoxy) is 1. The van der Waals surface area contributed by atoms with Crippen LogP contribution in [-0.2, 0) is 11.8 Å². The molecule has 1 saturated heterocycles. The summed E-state index contributed by atoms with van der Waals surface area (Å²) in [4.78, 5) is 27.1. The molecule has 2 rings (SSSR count). The summed E-state index contributed by atoms with van der Waals surface area (Å²) in [7, 11) is 5.03. The number of carbonyl (C=O) groups is 2. The van der Waals surface area contributed by atoms with Crippen LogP contribution in [0.15, 0.2) is 6.07 Å². The fourth-order valence-corrected chi connectivity index (χ4v) is 2.21. The monoisotopic (exact) mass is 294 g/mol. The number of aromatic nitrogens is 2. The lowest BCUT2D eigenvalue weighted by Crippen LogP contribution is -2.35. The van der Waals surface area contributed by atoms with E-state index in [0.29, 0.717) is 11.6 Å². The molecule has 1 aromatic rings. The third-order valence-electron chi connectivity index (χ3n) is 3.54. The summed E-state index contributed by atoms with van der Waals surface area (Å²) in [6, 6.07) is 1.60. The highest BCUT2D eigenvalue weighted by Crippen LogP contribution is 2.16. The summed E-state index contributed by atoms with van der Waals surface area (Å²) in [5.74, 6) is 0.213. The molecule has 7 nitrogen and oxygen atoms in total. The molecule has 2 heterocycles. The Bertz CT molecular complexity index is 518. The molecule has 0 N–H and O–H groups in total. The van der Waals surface area contributed by atoms with Gasteiger partial charge in [-0.05, 0) is 19.3 Å². The van der Waals surface area contributed by atoms with Crippen LogP contribution in [0.4, 0.5) is 0 Å². The van der Waals surface area contributed by atoms with E-state index in [4.69, 9.17) is 4.74 Å². The summed E-state index contributed by atoms with van der Waals surface area (Å²) >= 11 is 0. The van der Waals surface area contributed by atoms with Crippen LogP contribution >= 0.6 is 0 Å². The number of hydrogen-bond donors (Lipinski definition) is 0. The molecule has 7 heteroatoms. The minimum absolute atomic E-state index is 0.0656. The van der Waals surface area contributed by atoms with Crippen molar-refractivity contribution in [2.24, 2.45) is 7.05 Å². The van der Waals surface area contributed by atoms with Crippen molar-refractivity contribution in [3.63, 3.8) is 0 Å². The van der Waals surface area contributed by atoms with E-state index in [9.17, 15) is 9.59 Å². The fraction of sp³-hybridized carbons (Fsp3) is 0.643. The van der Waals surface area contributed by atoms with Crippen molar-refractivity contribution in [1.29, 1.82) is 0 Å². The number of amides is 2. The third kappa shape index (κ3) is 3.74. The van der Waals surface area contributed by atoms with E-state index in [0.717, 1.165) is 25.9 Å². The summed E-state index contributed by atoms with van der Waals surface area (Å²) < 4.78 is 6.90. The molecule has 1 aliphatic rings. The fourth-order valence-electron chi connectivity index (χ4n) is 2.21. The minimum Gasteiger partial charge on any atom is -0.468 e. The quantitative estimate of drug-likeness (QED) is 0.811. The Balaban J connectivity index is 2.01. The Hall–Kier alpha value is -2.05. The molecule has 0 spiro atoms. The molecule has 116 valence electrons. The molecule has 1 fully saturated rings. The normalized spacial score (nSPS) is 14.9. The van der Waals surface area contributed by atoms with Gasteiger partial charge in [-0.2, -0.15) is 5.10 Å². The lowest BCUT2D eigenvalue weighted by Gasteiger charge is -2.25. The molecule has 1 aromatic heterocycles. The van der Waals surface area contributed by atoms with Crippen molar-refractivity contribution in [2.75, 3.05) is 33.8 Å². The van der Waals surface area contributed by atoms with E-state index < -0.39 is 0 Å². The first kappa shape index (κ1) is 15.3. The molecule has 0 bridgehead atoms. The first-order valence-electron chi connectivity index (χ1n) is 7.15. The van der Waals surface area contributed by atoms with E-state index in [2.05, 4.69) is 5.10 Å². The van der Waals surface area contributed by atoms with E-state index in [1.807, 2.05) is 4.90 Å². The van der Waals surface area contributed by atoms with Gasteiger partial charge >= 0.3 is 0 Å². The largest absolute Gasteiger partial charge is 0.468 e. The van der Waals surface area contributed by atoms with Crippen LogP contribution in [0.3, 0.4) is 0 Å². The molecule has 0 radical (unpaired) electrons. The van der Waals surface area contributed by atoms with E-state index in [1.165, 1.54) is 16.0 Å². The van der Waals surface area contributed by atoms with Crippen LogP contribution in [0.2, 0.25) is 0 Å². The van der Waals surface area contributed by atoms with Crippen LogP contribution in [0, 0.1) is 0 Å². The van der Waals surface area contributed by atoms with Gasteiger partial charge in [0.05, 0.1) is 0 Å². The maximum absolute atomic E-state index is 12.3. The van der Waals surface area contributed by atoms with Gasteiger partial charge < -0.3 is 14.5 Å². The van der Waals surface area contributed by atoms with Crippen LogP contribution in [-0.4, -0.2) is 65.2 Å². The van der Waals surface area contributed by atoms with Gasteiger partial charge in [0.1, 0.15) is 0 Å². The SMILES string of the molecule is CN(C)C(=O)COc1cc(C(=O)N2CCCCC2)nn1C. The van der Waals surface area contributed by atoms with Crippen molar-refractivity contribution in [2.45, 2.75) is 19.3 Å². The molecule has 0 aliphatic carbocycles. The number of aryl methyl sites for hydroxylation is 1. The topological polar surface area (TPSA) is 67.7 Å². The Labute approximate surface area is 124 Å². The van der Waals surface area contributed by atoms with Gasteiger partial charge in [-0.25, -0.2) is 4.68 Å². The number of nitrogens with zero attached hydrogens (tertiary/aromatic N) is 4. The summed E-state index contributed by atoms with van der Waals surface area (Å²) in [5.41, 5.74) is 0.367. The smallest absolute Gasteiger partial charge is 0.274 e. The summed E-state index contributed by atoms with van der Waals surface area (Å²) in [5, 5.41) is 4.18. The van der Waals surface area contributed by atoms with Crippen LogP contribution in [0.5, 0.6) is 5.88 Å². The molecular weight excluding hydrogens is 272 g/mol. The molecule has 0 aromatic carbocycles. The maximum atomic E-state index is 12.3. The number of likely N-dealkylation sites (tertiary alicyclic amines) is 1. The third-order valence-corrected chi connectivity index (χ3v) is 3.54. The van der Waals surface area contributed by atoms with Crippen molar-refractivity contribution >= 4 is 11.8 Å². The predicted octanol–water partition coefficient (Wildman–Crippen LogP) is 0.513. The van der Waals surface area contributed by atoms with Crippen molar-refractivity contribution in [3.8, 4) is 5.88 Å². The highest BCUT2D eigenvalue weighted by molar-refractivity contribution is 5.92. The lowest BCUT2D eigenvalue weighted by molar-refractivity contribution is -0.130. The Morgan fingerprint density at radius 3 is 2.57 bits per heavy atom. The Morgan fingerprint density at radius 1 is 1.29 bits per heavy atom. The number of hydrogen-bond acceptors (Lipinski definition) is 4. The maximum Gasteiger partial charge on any atom is 0.274 e. The van der Waals surface area contributed by atoms with Gasteiger partial charge in [-0.3, -0.25) is 9.59 Å². The highest BCUT2D eigenvalue weighted by Gasteiger charge is 2.22. The molecular formula is C14H22N4O3. The average molecular weight is 294 g/mol. The van der Waals surface area contributed by atoms with Crippen LogP contribution in [0.25, 0.3) is 0 Å². The number of likely N-dealkylation sites (N-methyl/N-ethyl adjacent to an activating group) is 1. The number of rotatable bonds is 4. The zero-order valence-corrected chi connectivity index (χ0v) is 12.8. The predicted molar refractivity (Wildman–Crippen MR) is 77.2 cm³/mol. The van der Waals surface area contributed by atoms with Crippen molar-refractivity contribution < 1.29 is 14.3 Å².